The Morgan fingerprint density at radius 2 is 1.80 bits per heavy atom. The lowest BCUT2D eigenvalue weighted by molar-refractivity contribution is -0.115. The van der Waals surface area contributed by atoms with Gasteiger partial charge in [0.05, 0.1) is 6.42 Å². The lowest BCUT2D eigenvalue weighted by Crippen LogP contribution is -2.15. The smallest absolute Gasteiger partial charge is 0.228 e. The van der Waals surface area contributed by atoms with Gasteiger partial charge in [0.1, 0.15) is 4.99 Å². The van der Waals surface area contributed by atoms with E-state index in [2.05, 4.69) is 5.32 Å². The van der Waals surface area contributed by atoms with Crippen LogP contribution in [0, 0.1) is 6.92 Å². The van der Waals surface area contributed by atoms with Gasteiger partial charge in [-0.2, -0.15) is 0 Å². The van der Waals surface area contributed by atoms with Crippen LogP contribution in [0.15, 0.2) is 48.5 Å². The molecule has 0 saturated carbocycles. The molecule has 20 heavy (non-hydrogen) atoms. The number of benzene rings is 2. The van der Waals surface area contributed by atoms with E-state index in [1.165, 1.54) is 0 Å². The van der Waals surface area contributed by atoms with Crippen LogP contribution in [0.25, 0.3) is 0 Å². The van der Waals surface area contributed by atoms with Gasteiger partial charge in [-0.15, -0.1) is 0 Å². The largest absolute Gasteiger partial charge is 0.389 e. The highest BCUT2D eigenvalue weighted by Gasteiger charge is 2.06. The molecule has 0 unspecified atom stereocenters. The van der Waals surface area contributed by atoms with Crippen molar-refractivity contribution in [2.24, 2.45) is 5.73 Å². The standard InChI is InChI=1S/C16H16N2OS/c1-11-4-2-3-5-14(11)18-15(19)10-12-6-8-13(9-7-12)16(17)20/h2-9H,10H2,1H3,(H2,17,20)(H,18,19). The fourth-order valence-electron chi connectivity index (χ4n) is 1.88. The average molecular weight is 284 g/mol. The van der Waals surface area contributed by atoms with Crippen molar-refractivity contribution in [3.05, 3.63) is 65.2 Å². The monoisotopic (exact) mass is 284 g/mol. The summed E-state index contributed by atoms with van der Waals surface area (Å²) in [7, 11) is 0. The molecule has 0 aromatic heterocycles. The van der Waals surface area contributed by atoms with Crippen LogP contribution in [0.2, 0.25) is 0 Å². The Labute approximate surface area is 123 Å². The van der Waals surface area contributed by atoms with Crippen molar-refractivity contribution in [3.8, 4) is 0 Å². The second kappa shape index (κ2) is 6.30. The summed E-state index contributed by atoms with van der Waals surface area (Å²) in [5, 5.41) is 2.91. The Balaban J connectivity index is 2.01. The first-order chi connectivity index (χ1) is 9.56. The molecule has 0 saturated heterocycles. The number of amides is 1. The number of rotatable bonds is 4. The Morgan fingerprint density at radius 3 is 2.40 bits per heavy atom. The van der Waals surface area contributed by atoms with Crippen LogP contribution in [0.4, 0.5) is 5.69 Å². The van der Waals surface area contributed by atoms with E-state index in [4.69, 9.17) is 18.0 Å². The first kappa shape index (κ1) is 14.2. The first-order valence-corrected chi connectivity index (χ1v) is 6.71. The number of carbonyl (C=O) groups is 1. The van der Waals surface area contributed by atoms with Crippen molar-refractivity contribution in [2.75, 3.05) is 5.32 Å². The Bertz CT molecular complexity index is 635. The van der Waals surface area contributed by atoms with Crippen LogP contribution in [0.1, 0.15) is 16.7 Å². The molecule has 0 aliphatic carbocycles. The fourth-order valence-corrected chi connectivity index (χ4v) is 2.02. The summed E-state index contributed by atoms with van der Waals surface area (Å²) in [6.07, 6.45) is 0.325. The second-order valence-corrected chi connectivity index (χ2v) is 5.04. The topological polar surface area (TPSA) is 55.1 Å². The number of hydrogen-bond acceptors (Lipinski definition) is 2. The lowest BCUT2D eigenvalue weighted by atomic mass is 10.1. The summed E-state index contributed by atoms with van der Waals surface area (Å²) in [6, 6.07) is 15.1. The lowest BCUT2D eigenvalue weighted by Gasteiger charge is -2.08. The number of hydrogen-bond donors (Lipinski definition) is 2. The van der Waals surface area contributed by atoms with Gasteiger partial charge in [-0.05, 0) is 24.1 Å². The zero-order valence-corrected chi connectivity index (χ0v) is 12.0. The van der Waals surface area contributed by atoms with Crippen LogP contribution >= 0.6 is 12.2 Å². The molecule has 0 spiro atoms. The van der Waals surface area contributed by atoms with Gasteiger partial charge in [-0.3, -0.25) is 4.79 Å². The summed E-state index contributed by atoms with van der Waals surface area (Å²) in [6.45, 7) is 1.96. The minimum atomic E-state index is -0.0395. The predicted octanol–water partition coefficient (Wildman–Crippen LogP) is 2.81. The van der Waals surface area contributed by atoms with E-state index in [0.29, 0.717) is 11.4 Å². The maximum Gasteiger partial charge on any atom is 0.228 e. The van der Waals surface area contributed by atoms with E-state index in [9.17, 15) is 4.79 Å². The Morgan fingerprint density at radius 1 is 1.15 bits per heavy atom. The maximum atomic E-state index is 12.0. The molecule has 0 radical (unpaired) electrons. The number of anilines is 1. The molecule has 3 N–H and O–H groups in total. The molecule has 0 heterocycles. The van der Waals surface area contributed by atoms with E-state index >= 15 is 0 Å². The summed E-state index contributed by atoms with van der Waals surface area (Å²) in [5.74, 6) is -0.0395. The van der Waals surface area contributed by atoms with Gasteiger partial charge in [-0.1, -0.05) is 54.7 Å². The number of carbonyl (C=O) groups excluding carboxylic acids is 1. The number of aryl methyl sites for hydroxylation is 1. The molecular formula is C16H16N2OS. The molecule has 1 amide bonds. The average Bonchev–Trinajstić information content (AvgIpc) is 2.42. The highest BCUT2D eigenvalue weighted by molar-refractivity contribution is 7.80. The van der Waals surface area contributed by atoms with Crippen LogP contribution < -0.4 is 11.1 Å². The van der Waals surface area contributed by atoms with Crippen molar-refractivity contribution in [1.29, 1.82) is 0 Å². The van der Waals surface area contributed by atoms with Crippen LogP contribution in [0.3, 0.4) is 0 Å². The van der Waals surface area contributed by atoms with E-state index in [1.807, 2.05) is 55.5 Å². The van der Waals surface area contributed by atoms with Gasteiger partial charge >= 0.3 is 0 Å². The van der Waals surface area contributed by atoms with Crippen LogP contribution in [-0.2, 0) is 11.2 Å². The number of thiocarbonyl (C=S) groups is 1. The zero-order chi connectivity index (χ0) is 14.5. The molecular weight excluding hydrogens is 268 g/mol. The van der Waals surface area contributed by atoms with Crippen LogP contribution in [0.5, 0.6) is 0 Å². The molecule has 2 rings (SSSR count). The second-order valence-electron chi connectivity index (χ2n) is 4.60. The number of nitrogens with two attached hydrogens (primary N) is 1. The van der Waals surface area contributed by atoms with Gasteiger partial charge in [0, 0.05) is 11.3 Å². The molecule has 102 valence electrons. The molecule has 4 heteroatoms. The normalized spacial score (nSPS) is 10.1. The number of nitrogens with one attached hydrogen (secondary N) is 1. The third-order valence-corrected chi connectivity index (χ3v) is 3.26. The first-order valence-electron chi connectivity index (χ1n) is 6.30. The van der Waals surface area contributed by atoms with E-state index < -0.39 is 0 Å². The third kappa shape index (κ3) is 3.65. The predicted molar refractivity (Wildman–Crippen MR) is 85.8 cm³/mol. The maximum absolute atomic E-state index is 12.0. The van der Waals surface area contributed by atoms with Crippen molar-refractivity contribution >= 4 is 28.8 Å². The SMILES string of the molecule is Cc1ccccc1NC(=O)Cc1ccc(C(N)=S)cc1. The Kier molecular flexibility index (Phi) is 4.48. The molecule has 0 atom stereocenters. The van der Waals surface area contributed by atoms with Crippen molar-refractivity contribution in [3.63, 3.8) is 0 Å². The molecule has 3 nitrogen and oxygen atoms in total. The van der Waals surface area contributed by atoms with Crippen molar-refractivity contribution in [2.45, 2.75) is 13.3 Å². The third-order valence-electron chi connectivity index (χ3n) is 3.02. The molecule has 0 aliphatic rings. The van der Waals surface area contributed by atoms with Gasteiger partial charge in [0.25, 0.3) is 0 Å². The van der Waals surface area contributed by atoms with Gasteiger partial charge in [-0.25, -0.2) is 0 Å². The van der Waals surface area contributed by atoms with E-state index in [1.54, 1.807) is 0 Å². The molecule has 2 aromatic rings. The highest BCUT2D eigenvalue weighted by Crippen LogP contribution is 2.14. The van der Waals surface area contributed by atoms with Gasteiger partial charge in [0.2, 0.25) is 5.91 Å². The summed E-state index contributed by atoms with van der Waals surface area (Å²) >= 11 is 4.89. The molecule has 0 bridgehead atoms. The Hall–Kier alpha value is -2.20. The zero-order valence-electron chi connectivity index (χ0n) is 11.2. The minimum Gasteiger partial charge on any atom is -0.389 e. The van der Waals surface area contributed by atoms with Crippen molar-refractivity contribution in [1.82, 2.24) is 0 Å². The van der Waals surface area contributed by atoms with E-state index in [0.717, 1.165) is 22.4 Å². The quantitative estimate of drug-likeness (QED) is 0.849. The molecule has 0 fully saturated rings. The van der Waals surface area contributed by atoms with Gasteiger partial charge < -0.3 is 11.1 Å². The number of para-hydroxylation sites is 1. The fraction of sp³-hybridized carbons (Fsp3) is 0.125. The summed E-state index contributed by atoms with van der Waals surface area (Å²) < 4.78 is 0. The minimum absolute atomic E-state index is 0.0395. The summed E-state index contributed by atoms with van der Waals surface area (Å²) in [4.78, 5) is 12.4. The van der Waals surface area contributed by atoms with Crippen LogP contribution in [-0.4, -0.2) is 10.9 Å². The van der Waals surface area contributed by atoms with Gasteiger partial charge in [0.15, 0.2) is 0 Å². The van der Waals surface area contributed by atoms with E-state index in [-0.39, 0.29) is 5.91 Å². The van der Waals surface area contributed by atoms with Crippen molar-refractivity contribution < 1.29 is 4.79 Å². The molecule has 2 aromatic carbocycles. The molecule has 0 aliphatic heterocycles. The highest BCUT2D eigenvalue weighted by atomic mass is 32.1. The summed E-state index contributed by atoms with van der Waals surface area (Å²) in [5.41, 5.74) is 9.16.